The van der Waals surface area contributed by atoms with Crippen LogP contribution in [0.3, 0.4) is 0 Å². The van der Waals surface area contributed by atoms with Crippen LogP contribution in [-0.2, 0) is 10.0 Å². The monoisotopic (exact) mass is 192 g/mol. The molecule has 0 heterocycles. The van der Waals surface area contributed by atoms with E-state index in [1.165, 1.54) is 0 Å². The van der Waals surface area contributed by atoms with E-state index in [0.29, 0.717) is 13.1 Å². The molecule has 12 heavy (non-hydrogen) atoms. The molecule has 72 valence electrons. The minimum absolute atomic E-state index is 0.423. The van der Waals surface area contributed by atoms with E-state index in [2.05, 4.69) is 16.6 Å². The van der Waals surface area contributed by atoms with Gasteiger partial charge in [0, 0.05) is 19.6 Å². The summed E-state index contributed by atoms with van der Waals surface area (Å²) in [6.07, 6.45) is 1.14. The fourth-order valence-electron chi connectivity index (χ4n) is 0.627. The molecule has 0 amide bonds. The predicted octanol–water partition coefficient (Wildman–Crippen LogP) is -0.299. The van der Waals surface area contributed by atoms with Crippen LogP contribution in [0.2, 0.25) is 0 Å². The standard InChI is InChI=1S/C7H16N2O2S/c1-7(2)6-8-4-5-9-12(3,10)11/h8-9H,1,4-6H2,2-3H3. The molecule has 0 fully saturated rings. The largest absolute Gasteiger partial charge is 0.312 e. The van der Waals surface area contributed by atoms with Crippen LogP contribution in [0.15, 0.2) is 12.2 Å². The molecule has 0 bridgehead atoms. The van der Waals surface area contributed by atoms with Crippen LogP contribution < -0.4 is 10.0 Å². The molecule has 0 atom stereocenters. The van der Waals surface area contributed by atoms with Gasteiger partial charge in [0.15, 0.2) is 0 Å². The third-order valence-electron chi connectivity index (χ3n) is 1.09. The highest BCUT2D eigenvalue weighted by Gasteiger charge is 1.97. The Bertz CT molecular complexity index is 234. The maximum Gasteiger partial charge on any atom is 0.208 e. The zero-order valence-electron chi connectivity index (χ0n) is 7.55. The quantitative estimate of drug-likeness (QED) is 0.449. The van der Waals surface area contributed by atoms with Crippen molar-refractivity contribution in [2.24, 2.45) is 0 Å². The fourth-order valence-corrected chi connectivity index (χ4v) is 1.10. The van der Waals surface area contributed by atoms with Crippen molar-refractivity contribution >= 4 is 10.0 Å². The van der Waals surface area contributed by atoms with E-state index in [0.717, 1.165) is 18.4 Å². The summed E-state index contributed by atoms with van der Waals surface area (Å²) in [5, 5.41) is 3.03. The van der Waals surface area contributed by atoms with Crippen molar-refractivity contribution in [3.63, 3.8) is 0 Å². The van der Waals surface area contributed by atoms with E-state index in [1.54, 1.807) is 0 Å². The third-order valence-corrected chi connectivity index (χ3v) is 1.82. The maximum absolute atomic E-state index is 10.6. The summed E-state index contributed by atoms with van der Waals surface area (Å²) in [7, 11) is -3.04. The molecule has 0 rings (SSSR count). The Morgan fingerprint density at radius 3 is 2.42 bits per heavy atom. The Morgan fingerprint density at radius 1 is 1.42 bits per heavy atom. The van der Waals surface area contributed by atoms with Gasteiger partial charge in [-0.2, -0.15) is 0 Å². The molecule has 0 aliphatic heterocycles. The van der Waals surface area contributed by atoms with E-state index in [-0.39, 0.29) is 0 Å². The summed E-state index contributed by atoms with van der Waals surface area (Å²) >= 11 is 0. The van der Waals surface area contributed by atoms with Gasteiger partial charge in [0.1, 0.15) is 0 Å². The number of hydrogen-bond acceptors (Lipinski definition) is 3. The second-order valence-corrected chi connectivity index (χ2v) is 4.63. The molecule has 0 aromatic carbocycles. The number of hydrogen-bond donors (Lipinski definition) is 2. The summed E-state index contributed by atoms with van der Waals surface area (Å²) in [5.41, 5.74) is 1.04. The van der Waals surface area contributed by atoms with E-state index >= 15 is 0 Å². The van der Waals surface area contributed by atoms with Gasteiger partial charge >= 0.3 is 0 Å². The van der Waals surface area contributed by atoms with E-state index in [4.69, 9.17) is 0 Å². The van der Waals surface area contributed by atoms with E-state index < -0.39 is 10.0 Å². The molecule has 4 nitrogen and oxygen atoms in total. The SMILES string of the molecule is C=C(C)CNCCNS(C)(=O)=O. The summed E-state index contributed by atoms with van der Waals surface area (Å²) in [6, 6.07) is 0. The molecule has 0 saturated heterocycles. The zero-order chi connectivity index (χ0) is 9.61. The molecule has 0 radical (unpaired) electrons. The van der Waals surface area contributed by atoms with Crippen LogP contribution in [0.25, 0.3) is 0 Å². The van der Waals surface area contributed by atoms with Crippen molar-refractivity contribution in [2.45, 2.75) is 6.92 Å². The first-order valence-electron chi connectivity index (χ1n) is 3.71. The molecule has 2 N–H and O–H groups in total. The molecule has 5 heteroatoms. The van der Waals surface area contributed by atoms with Gasteiger partial charge in [0.2, 0.25) is 10.0 Å². The summed E-state index contributed by atoms with van der Waals surface area (Å²) in [5.74, 6) is 0. The minimum Gasteiger partial charge on any atom is -0.312 e. The van der Waals surface area contributed by atoms with Crippen molar-refractivity contribution in [3.8, 4) is 0 Å². The van der Waals surface area contributed by atoms with Crippen molar-refractivity contribution in [1.82, 2.24) is 10.0 Å². The van der Waals surface area contributed by atoms with Crippen molar-refractivity contribution in [3.05, 3.63) is 12.2 Å². The molecule has 0 saturated carbocycles. The normalized spacial score (nSPS) is 11.5. The van der Waals surface area contributed by atoms with Crippen molar-refractivity contribution < 1.29 is 8.42 Å². The molecule has 0 spiro atoms. The van der Waals surface area contributed by atoms with Gasteiger partial charge in [0.05, 0.1) is 6.26 Å². The van der Waals surface area contributed by atoms with Crippen LogP contribution in [0, 0.1) is 0 Å². The van der Waals surface area contributed by atoms with Gasteiger partial charge < -0.3 is 5.32 Å². The first-order valence-corrected chi connectivity index (χ1v) is 5.60. The molecule has 0 unspecified atom stereocenters. The van der Waals surface area contributed by atoms with E-state index in [9.17, 15) is 8.42 Å². The van der Waals surface area contributed by atoms with E-state index in [1.807, 2.05) is 6.92 Å². The average molecular weight is 192 g/mol. The first kappa shape index (κ1) is 11.6. The first-order chi connectivity index (χ1) is 5.42. The molecule has 0 aliphatic rings. The van der Waals surface area contributed by atoms with Crippen molar-refractivity contribution in [1.29, 1.82) is 0 Å². The predicted molar refractivity (Wildman–Crippen MR) is 50.5 cm³/mol. The molecule has 0 aromatic heterocycles. The molecule has 0 aromatic rings. The fraction of sp³-hybridized carbons (Fsp3) is 0.714. The topological polar surface area (TPSA) is 58.2 Å². The third kappa shape index (κ3) is 9.61. The highest BCUT2D eigenvalue weighted by atomic mass is 32.2. The Morgan fingerprint density at radius 2 is 2.00 bits per heavy atom. The van der Waals surface area contributed by atoms with Crippen LogP contribution in [0.5, 0.6) is 0 Å². The van der Waals surface area contributed by atoms with Gasteiger partial charge in [-0.1, -0.05) is 12.2 Å². The summed E-state index contributed by atoms with van der Waals surface area (Å²) < 4.78 is 23.5. The zero-order valence-corrected chi connectivity index (χ0v) is 8.37. The average Bonchev–Trinajstić information content (AvgIpc) is 1.83. The molecular formula is C7H16N2O2S. The van der Waals surface area contributed by atoms with Gasteiger partial charge in [-0.05, 0) is 6.92 Å². The number of nitrogens with one attached hydrogen (secondary N) is 2. The Balaban J connectivity index is 3.29. The Hall–Kier alpha value is -0.390. The lowest BCUT2D eigenvalue weighted by Crippen LogP contribution is -2.31. The Labute approximate surface area is 74.1 Å². The lowest BCUT2D eigenvalue weighted by atomic mass is 10.3. The minimum atomic E-state index is -3.04. The lowest BCUT2D eigenvalue weighted by molar-refractivity contribution is 0.584. The lowest BCUT2D eigenvalue weighted by Gasteiger charge is -2.03. The second kappa shape index (κ2) is 5.29. The van der Waals surface area contributed by atoms with Gasteiger partial charge in [-0.15, -0.1) is 0 Å². The highest BCUT2D eigenvalue weighted by molar-refractivity contribution is 7.88. The van der Waals surface area contributed by atoms with Crippen LogP contribution >= 0.6 is 0 Å². The smallest absolute Gasteiger partial charge is 0.208 e. The Kier molecular flexibility index (Phi) is 5.12. The maximum atomic E-state index is 10.6. The van der Waals surface area contributed by atoms with Crippen molar-refractivity contribution in [2.75, 3.05) is 25.9 Å². The molecule has 0 aliphatic carbocycles. The number of sulfonamides is 1. The van der Waals surface area contributed by atoms with Gasteiger partial charge in [0.25, 0.3) is 0 Å². The van der Waals surface area contributed by atoms with Crippen LogP contribution in [-0.4, -0.2) is 34.3 Å². The highest BCUT2D eigenvalue weighted by Crippen LogP contribution is 1.80. The molecular weight excluding hydrogens is 176 g/mol. The van der Waals surface area contributed by atoms with Crippen LogP contribution in [0.4, 0.5) is 0 Å². The number of rotatable bonds is 6. The van der Waals surface area contributed by atoms with Gasteiger partial charge in [-0.3, -0.25) is 0 Å². The summed E-state index contributed by atoms with van der Waals surface area (Å²) in [6.45, 7) is 7.39. The van der Waals surface area contributed by atoms with Gasteiger partial charge in [-0.25, -0.2) is 13.1 Å². The summed E-state index contributed by atoms with van der Waals surface area (Å²) in [4.78, 5) is 0. The second-order valence-electron chi connectivity index (χ2n) is 2.80. The van der Waals surface area contributed by atoms with Crippen LogP contribution in [0.1, 0.15) is 6.92 Å².